The van der Waals surface area contributed by atoms with Crippen molar-refractivity contribution >= 4 is 0 Å². The van der Waals surface area contributed by atoms with E-state index in [1.54, 1.807) is 6.92 Å². The van der Waals surface area contributed by atoms with Gasteiger partial charge in [-0.25, -0.2) is 0 Å². The first kappa shape index (κ1) is 11.4. The van der Waals surface area contributed by atoms with Crippen LogP contribution in [0.1, 0.15) is 33.1 Å². The van der Waals surface area contributed by atoms with Gasteiger partial charge in [0.25, 0.3) is 0 Å². The van der Waals surface area contributed by atoms with E-state index in [0.717, 1.165) is 32.5 Å². The lowest BCUT2D eigenvalue weighted by atomic mass is 9.98. The zero-order valence-electron chi connectivity index (χ0n) is 7.97. The van der Waals surface area contributed by atoms with Crippen molar-refractivity contribution in [3.8, 4) is 6.07 Å². The van der Waals surface area contributed by atoms with Crippen molar-refractivity contribution in [1.82, 2.24) is 0 Å². The van der Waals surface area contributed by atoms with Crippen molar-refractivity contribution < 1.29 is 4.74 Å². The molecular weight excluding hydrogens is 152 g/mol. The summed E-state index contributed by atoms with van der Waals surface area (Å²) in [6.07, 6.45) is 2.69. The number of hydrogen-bond donors (Lipinski definition) is 1. The number of unbranched alkanes of at least 4 members (excludes halogenated alkanes) is 1. The maximum Gasteiger partial charge on any atom is 0.101 e. The van der Waals surface area contributed by atoms with Crippen molar-refractivity contribution in [2.75, 3.05) is 13.2 Å². The van der Waals surface area contributed by atoms with E-state index < -0.39 is 5.54 Å². The summed E-state index contributed by atoms with van der Waals surface area (Å²) in [5.41, 5.74) is 4.97. The molecule has 0 radical (unpaired) electrons. The maximum absolute atomic E-state index is 8.59. The highest BCUT2D eigenvalue weighted by atomic mass is 16.5. The molecule has 1 unspecified atom stereocenters. The van der Waals surface area contributed by atoms with E-state index in [4.69, 9.17) is 15.7 Å². The molecule has 0 aromatic carbocycles. The monoisotopic (exact) mass is 170 g/mol. The van der Waals surface area contributed by atoms with Crippen LogP contribution in [0.15, 0.2) is 0 Å². The number of hydrogen-bond acceptors (Lipinski definition) is 3. The van der Waals surface area contributed by atoms with E-state index in [0.29, 0.717) is 0 Å². The lowest BCUT2D eigenvalue weighted by molar-refractivity contribution is 0.142. The molecule has 3 nitrogen and oxygen atoms in total. The van der Waals surface area contributed by atoms with Crippen LogP contribution in [0.2, 0.25) is 0 Å². The Morgan fingerprint density at radius 3 is 2.67 bits per heavy atom. The Morgan fingerprint density at radius 1 is 1.50 bits per heavy atom. The number of rotatable bonds is 6. The Morgan fingerprint density at radius 2 is 2.17 bits per heavy atom. The highest BCUT2D eigenvalue weighted by Gasteiger charge is 2.15. The lowest BCUT2D eigenvalue weighted by Crippen LogP contribution is -2.33. The van der Waals surface area contributed by atoms with E-state index in [2.05, 4.69) is 6.07 Å². The minimum Gasteiger partial charge on any atom is -0.382 e. The molecule has 0 fully saturated rings. The molecule has 3 heteroatoms. The molecule has 0 heterocycles. The Labute approximate surface area is 74.5 Å². The summed E-state index contributed by atoms with van der Waals surface area (Å²) >= 11 is 0. The molecule has 0 saturated heterocycles. The SMILES string of the molecule is CCOCCCCC(C)(N)C#N. The number of nitriles is 1. The first-order valence-corrected chi connectivity index (χ1v) is 4.40. The molecule has 0 aliphatic carbocycles. The molecule has 2 N–H and O–H groups in total. The Balaban J connectivity index is 3.27. The van der Waals surface area contributed by atoms with Crippen LogP contribution < -0.4 is 5.73 Å². The highest BCUT2D eigenvalue weighted by molar-refractivity contribution is 5.00. The first-order valence-electron chi connectivity index (χ1n) is 4.40. The second kappa shape index (κ2) is 5.99. The van der Waals surface area contributed by atoms with Crippen LogP contribution in [0.3, 0.4) is 0 Å². The summed E-state index contributed by atoms with van der Waals surface area (Å²) in [5.74, 6) is 0. The molecule has 0 spiro atoms. The van der Waals surface area contributed by atoms with Crippen LogP contribution in [0.5, 0.6) is 0 Å². The Bertz CT molecular complexity index is 149. The van der Waals surface area contributed by atoms with E-state index >= 15 is 0 Å². The van der Waals surface area contributed by atoms with Crippen molar-refractivity contribution in [3.63, 3.8) is 0 Å². The fraction of sp³-hybridized carbons (Fsp3) is 0.889. The fourth-order valence-electron chi connectivity index (χ4n) is 0.897. The van der Waals surface area contributed by atoms with Crippen LogP contribution in [-0.2, 0) is 4.74 Å². The quantitative estimate of drug-likeness (QED) is 0.613. The second-order valence-electron chi connectivity index (χ2n) is 3.18. The van der Waals surface area contributed by atoms with Crippen molar-refractivity contribution in [3.05, 3.63) is 0 Å². The molecule has 12 heavy (non-hydrogen) atoms. The summed E-state index contributed by atoms with van der Waals surface area (Å²) in [6.45, 7) is 5.27. The molecule has 0 aliphatic heterocycles. The number of nitrogens with two attached hydrogens (primary N) is 1. The normalized spacial score (nSPS) is 15.2. The fourth-order valence-corrected chi connectivity index (χ4v) is 0.897. The Kier molecular flexibility index (Phi) is 5.69. The van der Waals surface area contributed by atoms with E-state index in [1.807, 2.05) is 6.92 Å². The van der Waals surface area contributed by atoms with Gasteiger partial charge in [-0.15, -0.1) is 0 Å². The molecule has 0 aromatic rings. The summed E-state index contributed by atoms with van der Waals surface area (Å²) in [7, 11) is 0. The third-order valence-electron chi connectivity index (χ3n) is 1.69. The molecule has 0 aliphatic rings. The van der Waals surface area contributed by atoms with Crippen LogP contribution in [0, 0.1) is 11.3 Å². The zero-order valence-corrected chi connectivity index (χ0v) is 7.97. The van der Waals surface area contributed by atoms with Gasteiger partial charge >= 0.3 is 0 Å². The third kappa shape index (κ3) is 6.14. The second-order valence-corrected chi connectivity index (χ2v) is 3.18. The van der Waals surface area contributed by atoms with Crippen LogP contribution in [-0.4, -0.2) is 18.8 Å². The van der Waals surface area contributed by atoms with Crippen LogP contribution >= 0.6 is 0 Å². The molecule has 70 valence electrons. The average molecular weight is 170 g/mol. The van der Waals surface area contributed by atoms with Crippen molar-refractivity contribution in [1.29, 1.82) is 5.26 Å². The van der Waals surface area contributed by atoms with Crippen molar-refractivity contribution in [2.45, 2.75) is 38.6 Å². The topological polar surface area (TPSA) is 59.0 Å². The van der Waals surface area contributed by atoms with Crippen molar-refractivity contribution in [2.24, 2.45) is 5.73 Å². The van der Waals surface area contributed by atoms with Gasteiger partial charge in [0.2, 0.25) is 0 Å². The molecule has 0 saturated carbocycles. The third-order valence-corrected chi connectivity index (χ3v) is 1.69. The van der Waals surface area contributed by atoms with E-state index in [1.165, 1.54) is 0 Å². The summed E-state index contributed by atoms with van der Waals surface area (Å²) in [6, 6.07) is 2.07. The van der Waals surface area contributed by atoms with Crippen LogP contribution in [0.4, 0.5) is 0 Å². The molecular formula is C9H18N2O. The molecule has 0 aromatic heterocycles. The van der Waals surface area contributed by atoms with Gasteiger partial charge in [0.15, 0.2) is 0 Å². The predicted molar refractivity (Wildman–Crippen MR) is 48.5 cm³/mol. The minimum atomic E-state index is -0.661. The van der Waals surface area contributed by atoms with Gasteiger partial charge in [-0.05, 0) is 33.1 Å². The van der Waals surface area contributed by atoms with Gasteiger partial charge in [0, 0.05) is 13.2 Å². The summed E-state index contributed by atoms with van der Waals surface area (Å²) in [5, 5.41) is 8.59. The largest absolute Gasteiger partial charge is 0.382 e. The van der Waals surface area contributed by atoms with Gasteiger partial charge in [0.05, 0.1) is 6.07 Å². The average Bonchev–Trinajstić information content (AvgIpc) is 2.04. The molecule has 0 amide bonds. The molecule has 1 atom stereocenters. The smallest absolute Gasteiger partial charge is 0.101 e. The first-order chi connectivity index (χ1) is 5.62. The highest BCUT2D eigenvalue weighted by Crippen LogP contribution is 2.08. The number of nitrogens with zero attached hydrogens (tertiary/aromatic N) is 1. The van der Waals surface area contributed by atoms with Gasteiger partial charge < -0.3 is 10.5 Å². The van der Waals surface area contributed by atoms with Gasteiger partial charge in [-0.1, -0.05) is 0 Å². The van der Waals surface area contributed by atoms with Gasteiger partial charge in [-0.3, -0.25) is 0 Å². The Hall–Kier alpha value is -0.590. The van der Waals surface area contributed by atoms with E-state index in [-0.39, 0.29) is 0 Å². The van der Waals surface area contributed by atoms with Crippen LogP contribution in [0.25, 0.3) is 0 Å². The summed E-state index contributed by atoms with van der Waals surface area (Å²) < 4.78 is 5.16. The van der Waals surface area contributed by atoms with Gasteiger partial charge in [-0.2, -0.15) is 5.26 Å². The maximum atomic E-state index is 8.59. The predicted octanol–water partition coefficient (Wildman–Crippen LogP) is 1.43. The zero-order chi connectivity index (χ0) is 9.45. The standard InChI is InChI=1S/C9H18N2O/c1-3-12-7-5-4-6-9(2,11)8-10/h3-7,11H2,1-2H3. The summed E-state index contributed by atoms with van der Waals surface area (Å²) in [4.78, 5) is 0. The number of ether oxygens (including phenoxy) is 1. The van der Waals surface area contributed by atoms with Gasteiger partial charge in [0.1, 0.15) is 5.54 Å². The molecule has 0 bridgehead atoms. The van der Waals surface area contributed by atoms with E-state index in [9.17, 15) is 0 Å². The minimum absolute atomic E-state index is 0.661. The lowest BCUT2D eigenvalue weighted by Gasteiger charge is -2.14. The molecule has 0 rings (SSSR count).